The van der Waals surface area contributed by atoms with Gasteiger partial charge in [-0.25, -0.2) is 9.59 Å². The third-order valence-corrected chi connectivity index (χ3v) is 10.5. The SMILES string of the molecule is O=C(O[C@H]1Cc2c(O)cc(O)cc2O[C@@H]1c1cc(O)c(O)c2c(O)c(=O)cc([C@H]3Oc4cc(O)cc(O)c4C[C@H]3OC(=O)c3cc(O)c(O)c(O)c3)cc12)c1cc(O)c(O)c(O)c1. The number of benzene rings is 5. The zero-order valence-corrected chi connectivity index (χ0v) is 31.7. The van der Waals surface area contributed by atoms with Crippen LogP contribution in [0.15, 0.2) is 71.5 Å². The van der Waals surface area contributed by atoms with Crippen LogP contribution in [-0.4, -0.2) is 90.5 Å². The molecule has 8 rings (SSSR count). The van der Waals surface area contributed by atoms with E-state index in [2.05, 4.69) is 0 Å². The average molecular weight is 869 g/mol. The number of phenolic OH excluding ortho intramolecular Hbond substituents is 12. The molecular formula is C43H32O20. The van der Waals surface area contributed by atoms with Crippen LogP contribution >= 0.6 is 0 Å². The summed E-state index contributed by atoms with van der Waals surface area (Å²) < 4.78 is 23.9. The van der Waals surface area contributed by atoms with Crippen molar-refractivity contribution in [3.63, 3.8) is 0 Å². The second-order valence-corrected chi connectivity index (χ2v) is 14.6. The molecule has 0 saturated carbocycles. The predicted octanol–water partition coefficient (Wildman–Crippen LogP) is 4.18. The van der Waals surface area contributed by atoms with Crippen LogP contribution in [0.3, 0.4) is 0 Å². The number of esters is 2. The van der Waals surface area contributed by atoms with E-state index in [4.69, 9.17) is 18.9 Å². The second-order valence-electron chi connectivity index (χ2n) is 14.6. The van der Waals surface area contributed by atoms with Crippen molar-refractivity contribution in [2.45, 2.75) is 37.3 Å². The fraction of sp³-hybridized carbons (Fsp3) is 0.140. The number of carbonyl (C=O) groups excluding carboxylic acids is 2. The van der Waals surface area contributed by atoms with Gasteiger partial charge < -0.3 is 85.3 Å². The Morgan fingerprint density at radius 2 is 0.905 bits per heavy atom. The van der Waals surface area contributed by atoms with Crippen LogP contribution < -0.4 is 14.9 Å². The molecule has 13 N–H and O–H groups in total. The Morgan fingerprint density at radius 1 is 0.476 bits per heavy atom. The van der Waals surface area contributed by atoms with Crippen molar-refractivity contribution in [1.29, 1.82) is 0 Å². The maximum atomic E-state index is 13.8. The fourth-order valence-electron chi connectivity index (χ4n) is 7.54. The molecule has 20 nitrogen and oxygen atoms in total. The molecule has 6 aromatic carbocycles. The second kappa shape index (κ2) is 15.0. The lowest BCUT2D eigenvalue weighted by Crippen LogP contribution is -2.35. The summed E-state index contributed by atoms with van der Waals surface area (Å²) in [5.41, 5.74) is -2.63. The van der Waals surface area contributed by atoms with Crippen molar-refractivity contribution in [3.8, 4) is 86.2 Å². The van der Waals surface area contributed by atoms with Gasteiger partial charge in [0.2, 0.25) is 5.43 Å². The van der Waals surface area contributed by atoms with E-state index in [0.29, 0.717) is 0 Å². The standard InChI is InChI=1S/C43H32O20/c44-17-7-23(46)21-12-33(62-42(58)15-3-25(48)36(54)26(49)4-15)40(60-31(21)9-17)14-1-19-20(11-30(53)39(57)35(19)38(56)29(52)2-14)41-34(13-22-24(47)8-18(45)10-32(22)61-41)63-43(59)16-5-27(50)37(55)28(51)6-16/h1-11,33-34,40-41,44-51,53-55,57H,12-13H2,(H,52,56)/t33-,34+,40-,41-/m1/s1. The number of carbonyl (C=O) groups is 2. The summed E-state index contributed by atoms with van der Waals surface area (Å²) in [6, 6.07) is 10.2. The molecule has 324 valence electrons. The molecule has 0 amide bonds. The van der Waals surface area contributed by atoms with Crippen molar-refractivity contribution in [1.82, 2.24) is 0 Å². The first-order valence-electron chi connectivity index (χ1n) is 18.4. The molecule has 2 aliphatic rings. The summed E-state index contributed by atoms with van der Waals surface area (Å²) in [6.07, 6.45) is -7.16. The van der Waals surface area contributed by atoms with Crippen molar-refractivity contribution in [3.05, 3.63) is 110 Å². The van der Waals surface area contributed by atoms with E-state index in [1.807, 2.05) is 0 Å². The molecule has 20 heteroatoms. The van der Waals surface area contributed by atoms with Gasteiger partial charge in [-0.05, 0) is 47.9 Å². The summed E-state index contributed by atoms with van der Waals surface area (Å²) in [5.74, 6) is -13.3. The number of aromatic hydroxyl groups is 13. The first kappa shape index (κ1) is 40.9. The summed E-state index contributed by atoms with van der Waals surface area (Å²) in [4.78, 5) is 40.9. The molecule has 0 saturated heterocycles. The highest BCUT2D eigenvalue weighted by molar-refractivity contribution is 5.98. The molecule has 0 radical (unpaired) electrons. The zero-order chi connectivity index (χ0) is 45.3. The van der Waals surface area contributed by atoms with Crippen LogP contribution in [0.25, 0.3) is 10.8 Å². The van der Waals surface area contributed by atoms with E-state index in [1.54, 1.807) is 0 Å². The zero-order valence-electron chi connectivity index (χ0n) is 31.7. The predicted molar refractivity (Wildman–Crippen MR) is 210 cm³/mol. The summed E-state index contributed by atoms with van der Waals surface area (Å²) in [7, 11) is 0. The van der Waals surface area contributed by atoms with E-state index in [9.17, 15) is 80.8 Å². The molecule has 0 aromatic heterocycles. The van der Waals surface area contributed by atoms with E-state index in [1.165, 1.54) is 0 Å². The maximum absolute atomic E-state index is 13.8. The van der Waals surface area contributed by atoms with Crippen LogP contribution in [-0.2, 0) is 22.3 Å². The van der Waals surface area contributed by atoms with Gasteiger partial charge in [0.1, 0.15) is 46.7 Å². The normalized spacial score (nSPS) is 17.7. The van der Waals surface area contributed by atoms with Crippen LogP contribution in [0.5, 0.6) is 86.2 Å². The number of rotatable bonds is 6. The third-order valence-electron chi connectivity index (χ3n) is 10.5. The number of ether oxygens (including phenoxy) is 4. The fourth-order valence-corrected chi connectivity index (χ4v) is 7.54. The Hall–Kier alpha value is -8.81. The van der Waals surface area contributed by atoms with Gasteiger partial charge in [0.05, 0.1) is 16.5 Å². The number of hydrogen-bond donors (Lipinski definition) is 13. The van der Waals surface area contributed by atoms with E-state index in [-0.39, 0.29) is 45.6 Å². The molecule has 63 heavy (non-hydrogen) atoms. The summed E-state index contributed by atoms with van der Waals surface area (Å²) in [6.45, 7) is 0. The van der Waals surface area contributed by atoms with E-state index < -0.39 is 139 Å². The number of fused-ring (bicyclic) bond motifs is 3. The van der Waals surface area contributed by atoms with Crippen molar-refractivity contribution < 1.29 is 94.9 Å². The lowest BCUT2D eigenvalue weighted by molar-refractivity contribution is -0.0193. The van der Waals surface area contributed by atoms with Gasteiger partial charge in [0.25, 0.3) is 0 Å². The molecule has 2 heterocycles. The van der Waals surface area contributed by atoms with Crippen LogP contribution in [0.2, 0.25) is 0 Å². The van der Waals surface area contributed by atoms with Crippen molar-refractivity contribution >= 4 is 22.7 Å². The Kier molecular flexibility index (Phi) is 9.77. The van der Waals surface area contributed by atoms with Crippen LogP contribution in [0.1, 0.15) is 55.2 Å². The lowest BCUT2D eigenvalue weighted by atomic mass is 9.89. The molecule has 0 spiro atoms. The molecule has 0 aliphatic carbocycles. The first-order chi connectivity index (χ1) is 29.8. The molecule has 6 aromatic rings. The van der Waals surface area contributed by atoms with Gasteiger partial charge in [0.15, 0.2) is 64.0 Å². The number of hydrogen-bond acceptors (Lipinski definition) is 20. The van der Waals surface area contributed by atoms with Crippen molar-refractivity contribution in [2.24, 2.45) is 0 Å². The highest BCUT2D eigenvalue weighted by Gasteiger charge is 2.41. The Balaban J connectivity index is 1.31. The summed E-state index contributed by atoms with van der Waals surface area (Å²) in [5, 5.41) is 135. The van der Waals surface area contributed by atoms with Gasteiger partial charge in [0, 0.05) is 59.4 Å². The molecule has 0 bridgehead atoms. The topological polar surface area (TPSA) is 351 Å². The minimum absolute atomic E-state index is 0.00203. The van der Waals surface area contributed by atoms with Crippen LogP contribution in [0.4, 0.5) is 0 Å². The van der Waals surface area contributed by atoms with Gasteiger partial charge in [-0.15, -0.1) is 0 Å². The van der Waals surface area contributed by atoms with E-state index in [0.717, 1.165) is 66.7 Å². The highest BCUT2D eigenvalue weighted by Crippen LogP contribution is 2.50. The molecule has 4 atom stereocenters. The van der Waals surface area contributed by atoms with Gasteiger partial charge >= 0.3 is 11.9 Å². The quantitative estimate of drug-likeness (QED) is 0.0824. The van der Waals surface area contributed by atoms with Gasteiger partial charge in [-0.2, -0.15) is 0 Å². The maximum Gasteiger partial charge on any atom is 0.338 e. The Labute approximate surface area is 351 Å². The monoisotopic (exact) mass is 868 g/mol. The highest BCUT2D eigenvalue weighted by atomic mass is 16.6. The smallest absolute Gasteiger partial charge is 0.338 e. The Bertz CT molecular complexity index is 2950. The molecule has 0 fully saturated rings. The van der Waals surface area contributed by atoms with E-state index >= 15 is 0 Å². The molecule has 2 aliphatic heterocycles. The summed E-state index contributed by atoms with van der Waals surface area (Å²) >= 11 is 0. The first-order valence-corrected chi connectivity index (χ1v) is 18.4. The molecule has 0 unspecified atom stereocenters. The molecular weight excluding hydrogens is 836 g/mol. The minimum atomic E-state index is -1.65. The third kappa shape index (κ3) is 7.19. The lowest BCUT2D eigenvalue weighted by Gasteiger charge is -2.35. The average Bonchev–Trinajstić information content (AvgIpc) is 3.35. The van der Waals surface area contributed by atoms with Gasteiger partial charge in [-0.1, -0.05) is 0 Å². The number of phenols is 12. The minimum Gasteiger partial charge on any atom is -0.508 e. The van der Waals surface area contributed by atoms with Crippen LogP contribution in [0, 0.1) is 0 Å². The Morgan fingerprint density at radius 3 is 1.38 bits per heavy atom. The van der Waals surface area contributed by atoms with Gasteiger partial charge in [-0.3, -0.25) is 4.79 Å². The van der Waals surface area contributed by atoms with Crippen molar-refractivity contribution in [2.75, 3.05) is 0 Å². The largest absolute Gasteiger partial charge is 0.508 e.